The molecular formula is C48H62N2NiS4-4. The molecule has 55 heavy (non-hydrogen) atoms. The second-order valence-electron chi connectivity index (χ2n) is 14.9. The Morgan fingerprint density at radius 3 is 1.00 bits per heavy atom. The van der Waals surface area contributed by atoms with E-state index in [1.54, 1.807) is 0 Å². The average molecular weight is 854 g/mol. The van der Waals surface area contributed by atoms with Crippen LogP contribution in [-0.4, -0.2) is 26.2 Å². The molecule has 0 saturated carbocycles. The third kappa shape index (κ3) is 13.7. The summed E-state index contributed by atoms with van der Waals surface area (Å²) in [6, 6.07) is 30.1. The molecular weight excluding hydrogens is 792 g/mol. The van der Waals surface area contributed by atoms with E-state index in [1.807, 2.05) is 0 Å². The number of nitrogens with zero attached hydrogens (tertiary/aromatic N) is 2. The Kier molecular flexibility index (Phi) is 21.3. The van der Waals surface area contributed by atoms with E-state index >= 15 is 0 Å². The molecule has 7 heteroatoms. The van der Waals surface area contributed by atoms with Crippen LogP contribution in [0.4, 0.5) is 11.4 Å². The van der Waals surface area contributed by atoms with Gasteiger partial charge in [0, 0.05) is 54.0 Å². The third-order valence-corrected chi connectivity index (χ3v) is 11.5. The second kappa shape index (κ2) is 24.2. The van der Waals surface area contributed by atoms with Crippen LogP contribution < -0.4 is 9.80 Å². The summed E-state index contributed by atoms with van der Waals surface area (Å²) < 4.78 is 0. The first-order chi connectivity index (χ1) is 25.8. The number of anilines is 2. The fourth-order valence-corrected chi connectivity index (χ4v) is 7.50. The molecule has 0 fully saturated rings. The summed E-state index contributed by atoms with van der Waals surface area (Å²) in [5, 5.41) is 0. The van der Waals surface area contributed by atoms with Gasteiger partial charge in [0.05, 0.1) is 0 Å². The minimum absolute atomic E-state index is 0. The Bertz CT molecular complexity index is 1680. The normalized spacial score (nSPS) is 12.0. The zero-order valence-corrected chi connectivity index (χ0v) is 39.0. The maximum absolute atomic E-state index is 5.91. The van der Waals surface area contributed by atoms with Crippen LogP contribution in [0.15, 0.2) is 84.9 Å². The maximum atomic E-state index is 5.91. The summed E-state index contributed by atoms with van der Waals surface area (Å²) in [5.74, 6) is 0.915. The van der Waals surface area contributed by atoms with Crippen molar-refractivity contribution < 1.29 is 16.5 Å². The molecule has 4 rings (SSSR count). The van der Waals surface area contributed by atoms with Crippen molar-refractivity contribution >= 4 is 81.5 Å². The van der Waals surface area contributed by atoms with Crippen LogP contribution in [0.3, 0.4) is 0 Å². The predicted molar refractivity (Wildman–Crippen MR) is 252 cm³/mol. The molecule has 4 aromatic carbocycles. The smallest absolute Gasteiger partial charge is 0.0424 e. The number of hydrogen-bond donors (Lipinski definition) is 0. The quantitative estimate of drug-likeness (QED) is 0.0625. The zero-order valence-electron chi connectivity index (χ0n) is 34.7. The van der Waals surface area contributed by atoms with Gasteiger partial charge in [-0.25, -0.2) is 0 Å². The van der Waals surface area contributed by atoms with Gasteiger partial charge in [0.2, 0.25) is 0 Å². The summed E-state index contributed by atoms with van der Waals surface area (Å²) >= 11 is 23.4. The van der Waals surface area contributed by atoms with Crippen molar-refractivity contribution in [3.05, 3.63) is 129 Å². The molecule has 0 N–H and O–H groups in total. The van der Waals surface area contributed by atoms with Crippen molar-refractivity contribution in [1.82, 2.24) is 0 Å². The number of hydrogen-bond acceptors (Lipinski definition) is 6. The van der Waals surface area contributed by atoms with Crippen molar-refractivity contribution in [1.29, 1.82) is 0 Å². The third-order valence-electron chi connectivity index (χ3n) is 9.56. The molecule has 0 atom stereocenters. The molecule has 0 unspecified atom stereocenters. The van der Waals surface area contributed by atoms with Crippen LogP contribution in [0.25, 0.3) is 19.6 Å². The van der Waals surface area contributed by atoms with Crippen LogP contribution in [0.5, 0.6) is 0 Å². The molecule has 0 heterocycles. The minimum Gasteiger partial charge on any atom is -0.781 e. The first-order valence-corrected chi connectivity index (χ1v) is 21.5. The molecule has 302 valence electrons. The summed E-state index contributed by atoms with van der Waals surface area (Å²) in [6.07, 6.45) is 4.45. The van der Waals surface area contributed by atoms with Gasteiger partial charge in [-0.2, -0.15) is 19.6 Å². The molecule has 0 aromatic heterocycles. The zero-order chi connectivity index (χ0) is 39.9. The average Bonchev–Trinajstić information content (AvgIpc) is 3.17. The molecule has 0 radical (unpaired) electrons. The van der Waals surface area contributed by atoms with Gasteiger partial charge in [0.1, 0.15) is 0 Å². The van der Waals surface area contributed by atoms with Crippen molar-refractivity contribution in [3.63, 3.8) is 0 Å². The van der Waals surface area contributed by atoms with Crippen LogP contribution >= 0.6 is 0 Å². The first-order valence-electron chi connectivity index (χ1n) is 19.9. The van der Waals surface area contributed by atoms with Crippen LogP contribution in [0.1, 0.15) is 137 Å². The Balaban J connectivity index is 0.000000373. The second-order valence-corrected chi connectivity index (χ2v) is 16.5. The van der Waals surface area contributed by atoms with Crippen LogP contribution in [-0.2, 0) is 67.0 Å². The van der Waals surface area contributed by atoms with Gasteiger partial charge in [0.25, 0.3) is 0 Å². The molecule has 2 nitrogen and oxygen atoms in total. The minimum atomic E-state index is 0. The number of rotatable bonds is 16. The topological polar surface area (TPSA) is 6.48 Å². The predicted octanol–water partition coefficient (Wildman–Crippen LogP) is 13.3. The van der Waals surface area contributed by atoms with E-state index in [1.165, 1.54) is 33.6 Å². The van der Waals surface area contributed by atoms with Gasteiger partial charge in [-0.1, -0.05) is 139 Å². The summed E-state index contributed by atoms with van der Waals surface area (Å²) in [4.78, 5) is 7.99. The van der Waals surface area contributed by atoms with Crippen LogP contribution in [0.2, 0.25) is 0 Å². The standard InChI is InChI=1S/2C24H33NS2.Ni/c2*1-6-14-25(15-7-2)22-13-12-20(17(3)4)16-21(22)24(27)23(26)19-10-8-18(5)9-11-19;/h2*8-13,16-17,26-27H,6-7,14-15H2,1-5H3;/p-4/b2*24-23-;. The first kappa shape index (κ1) is 48.5. The summed E-state index contributed by atoms with van der Waals surface area (Å²) in [7, 11) is 0. The molecule has 0 aliphatic rings. The van der Waals surface area contributed by atoms with Gasteiger partial charge in [0.15, 0.2) is 0 Å². The molecule has 0 spiro atoms. The molecule has 0 bridgehead atoms. The van der Waals surface area contributed by atoms with Crippen molar-refractivity contribution in [2.45, 2.75) is 107 Å². The Hall–Kier alpha value is -2.67. The fraction of sp³-hybridized carbons (Fsp3) is 0.417. The monoisotopic (exact) mass is 852 g/mol. The largest absolute Gasteiger partial charge is 0.781 e. The Labute approximate surface area is 367 Å². The van der Waals surface area contributed by atoms with Gasteiger partial charge in [-0.15, -0.1) is 0 Å². The molecule has 0 saturated heterocycles. The van der Waals surface area contributed by atoms with Gasteiger partial charge < -0.3 is 60.3 Å². The summed E-state index contributed by atoms with van der Waals surface area (Å²) in [5.41, 5.74) is 11.7. The van der Waals surface area contributed by atoms with Gasteiger partial charge in [-0.3, -0.25) is 0 Å². The van der Waals surface area contributed by atoms with E-state index in [2.05, 4.69) is 164 Å². The molecule has 0 aliphatic carbocycles. The van der Waals surface area contributed by atoms with E-state index in [9.17, 15) is 0 Å². The van der Waals surface area contributed by atoms with E-state index in [4.69, 9.17) is 50.5 Å². The van der Waals surface area contributed by atoms with E-state index in [0.29, 0.717) is 11.8 Å². The van der Waals surface area contributed by atoms with Crippen molar-refractivity contribution in [2.75, 3.05) is 36.0 Å². The number of benzene rings is 4. The van der Waals surface area contributed by atoms with Crippen LogP contribution in [0, 0.1) is 13.8 Å². The van der Waals surface area contributed by atoms with E-state index in [0.717, 1.165) is 93.7 Å². The molecule has 4 aromatic rings. The maximum Gasteiger partial charge on any atom is 0.0424 e. The van der Waals surface area contributed by atoms with E-state index < -0.39 is 0 Å². The fourth-order valence-electron chi connectivity index (χ4n) is 6.44. The van der Waals surface area contributed by atoms with Crippen molar-refractivity contribution in [3.8, 4) is 0 Å². The number of aryl methyl sites for hydroxylation is 2. The van der Waals surface area contributed by atoms with Crippen molar-refractivity contribution in [2.24, 2.45) is 0 Å². The molecule has 0 aliphatic heterocycles. The SMILES string of the molecule is CCCN(CCC)c1ccc(C(C)C)cc1/C([S-])=C(/[S-])c1ccc(C)cc1.CCCN(CCC)c1ccc(C(C)C)cc1/C([S-])=C(/[S-])c1ccc(C)cc1.[Ni]. The van der Waals surface area contributed by atoms with E-state index in [-0.39, 0.29) is 16.5 Å². The molecule has 0 amide bonds. The van der Waals surface area contributed by atoms with Gasteiger partial charge >= 0.3 is 0 Å². The van der Waals surface area contributed by atoms with Gasteiger partial charge in [-0.05, 0) is 96.9 Å². The Morgan fingerprint density at radius 1 is 0.455 bits per heavy atom. The Morgan fingerprint density at radius 2 is 0.745 bits per heavy atom. The summed E-state index contributed by atoms with van der Waals surface area (Å²) in [6.45, 7) is 26.1.